The lowest BCUT2D eigenvalue weighted by atomic mass is 10.0. The molecule has 0 aromatic rings. The predicted molar refractivity (Wildman–Crippen MR) is 59.9 cm³/mol. The van der Waals surface area contributed by atoms with Crippen LogP contribution in [0.1, 0.15) is 64.7 Å². The second-order valence-electron chi connectivity index (χ2n) is 4.45. The molecule has 0 aromatic carbocycles. The molecule has 76 valence electrons. The minimum absolute atomic E-state index is 0.927. The van der Waals surface area contributed by atoms with Gasteiger partial charge in [-0.05, 0) is 31.6 Å². The lowest BCUT2D eigenvalue weighted by molar-refractivity contribution is 0.601. The van der Waals surface area contributed by atoms with Crippen molar-refractivity contribution in [1.29, 1.82) is 0 Å². The largest absolute Gasteiger partial charge is 0.0996 e. The van der Waals surface area contributed by atoms with E-state index in [4.69, 9.17) is 0 Å². The van der Waals surface area contributed by atoms with Gasteiger partial charge in [-0.3, -0.25) is 0 Å². The molecule has 0 nitrogen and oxygen atoms in total. The Bertz CT molecular complexity index is 142. The molecular weight excluding hydrogens is 156 g/mol. The molecular formula is C13H24. The van der Waals surface area contributed by atoms with Crippen LogP contribution in [0, 0.1) is 5.92 Å². The molecule has 0 spiro atoms. The Morgan fingerprint density at radius 2 is 1.69 bits per heavy atom. The Morgan fingerprint density at radius 1 is 1.08 bits per heavy atom. The van der Waals surface area contributed by atoms with Crippen molar-refractivity contribution in [3.8, 4) is 0 Å². The van der Waals surface area contributed by atoms with Crippen LogP contribution in [-0.4, -0.2) is 0 Å². The highest BCUT2D eigenvalue weighted by molar-refractivity contribution is 5.06. The van der Waals surface area contributed by atoms with Gasteiger partial charge in [0, 0.05) is 0 Å². The SMILES string of the molecule is C=C(CCCCCCCC)C1CC1. The van der Waals surface area contributed by atoms with E-state index in [9.17, 15) is 0 Å². The molecule has 13 heavy (non-hydrogen) atoms. The number of rotatable bonds is 8. The van der Waals surface area contributed by atoms with Crippen molar-refractivity contribution in [3.05, 3.63) is 12.2 Å². The summed E-state index contributed by atoms with van der Waals surface area (Å²) in [5.74, 6) is 0.927. The first-order chi connectivity index (χ1) is 6.34. The Labute approximate surface area is 83.4 Å². The average Bonchev–Trinajstić information content (AvgIpc) is 2.93. The second kappa shape index (κ2) is 6.23. The van der Waals surface area contributed by atoms with Crippen molar-refractivity contribution < 1.29 is 0 Å². The number of unbranched alkanes of at least 4 members (excludes halogenated alkanes) is 5. The fourth-order valence-electron chi connectivity index (χ4n) is 1.83. The molecule has 0 bridgehead atoms. The summed E-state index contributed by atoms with van der Waals surface area (Å²) < 4.78 is 0. The lowest BCUT2D eigenvalue weighted by Gasteiger charge is -2.03. The predicted octanol–water partition coefficient (Wildman–Crippen LogP) is 4.70. The smallest absolute Gasteiger partial charge is 0.0205 e. The quantitative estimate of drug-likeness (QED) is 0.375. The van der Waals surface area contributed by atoms with Crippen molar-refractivity contribution in [3.63, 3.8) is 0 Å². The van der Waals surface area contributed by atoms with E-state index in [1.165, 1.54) is 63.4 Å². The van der Waals surface area contributed by atoms with Gasteiger partial charge in [0.15, 0.2) is 0 Å². The zero-order valence-corrected chi connectivity index (χ0v) is 9.15. The summed E-state index contributed by atoms with van der Waals surface area (Å²) in [4.78, 5) is 0. The molecule has 0 amide bonds. The van der Waals surface area contributed by atoms with Crippen molar-refractivity contribution in [2.75, 3.05) is 0 Å². The van der Waals surface area contributed by atoms with Gasteiger partial charge in [0.1, 0.15) is 0 Å². The molecule has 0 atom stereocenters. The fourth-order valence-corrected chi connectivity index (χ4v) is 1.83. The molecule has 0 aliphatic heterocycles. The third kappa shape index (κ3) is 5.13. The molecule has 1 fully saturated rings. The summed E-state index contributed by atoms with van der Waals surface area (Å²) >= 11 is 0. The zero-order chi connectivity index (χ0) is 9.52. The van der Waals surface area contributed by atoms with Gasteiger partial charge in [-0.2, -0.15) is 0 Å². The van der Waals surface area contributed by atoms with E-state index >= 15 is 0 Å². The van der Waals surface area contributed by atoms with Crippen molar-refractivity contribution in [2.45, 2.75) is 64.7 Å². The van der Waals surface area contributed by atoms with E-state index in [0.29, 0.717) is 0 Å². The van der Waals surface area contributed by atoms with Gasteiger partial charge in [0.05, 0.1) is 0 Å². The summed E-state index contributed by atoms with van der Waals surface area (Å²) in [6.07, 6.45) is 12.6. The molecule has 1 saturated carbocycles. The van der Waals surface area contributed by atoms with Crippen molar-refractivity contribution >= 4 is 0 Å². The van der Waals surface area contributed by atoms with Gasteiger partial charge in [-0.25, -0.2) is 0 Å². The molecule has 1 rings (SSSR count). The van der Waals surface area contributed by atoms with Crippen LogP contribution in [0.25, 0.3) is 0 Å². The van der Waals surface area contributed by atoms with E-state index in [1.54, 1.807) is 0 Å². The van der Waals surface area contributed by atoms with E-state index < -0.39 is 0 Å². The molecule has 0 aromatic heterocycles. The minimum Gasteiger partial charge on any atom is -0.0996 e. The van der Waals surface area contributed by atoms with Crippen LogP contribution >= 0.6 is 0 Å². The zero-order valence-electron chi connectivity index (χ0n) is 9.15. The molecule has 0 radical (unpaired) electrons. The summed E-state index contributed by atoms with van der Waals surface area (Å²) in [5, 5.41) is 0. The molecule has 0 saturated heterocycles. The highest BCUT2D eigenvalue weighted by Crippen LogP contribution is 2.37. The van der Waals surface area contributed by atoms with Crippen molar-refractivity contribution in [2.24, 2.45) is 5.92 Å². The summed E-state index contributed by atoms with van der Waals surface area (Å²) in [6.45, 7) is 6.42. The second-order valence-corrected chi connectivity index (χ2v) is 4.45. The summed E-state index contributed by atoms with van der Waals surface area (Å²) in [6, 6.07) is 0. The Balaban J connectivity index is 1.80. The van der Waals surface area contributed by atoms with Crippen LogP contribution in [0.2, 0.25) is 0 Å². The van der Waals surface area contributed by atoms with E-state index in [1.807, 2.05) is 0 Å². The first-order valence-electron chi connectivity index (χ1n) is 6.02. The monoisotopic (exact) mass is 180 g/mol. The van der Waals surface area contributed by atoms with E-state index in [0.717, 1.165) is 5.92 Å². The van der Waals surface area contributed by atoms with Crippen LogP contribution in [0.3, 0.4) is 0 Å². The number of hydrogen-bond acceptors (Lipinski definition) is 0. The highest BCUT2D eigenvalue weighted by atomic mass is 14.3. The third-order valence-electron chi connectivity index (χ3n) is 3.01. The molecule has 0 N–H and O–H groups in total. The maximum absolute atomic E-state index is 4.15. The van der Waals surface area contributed by atoms with Gasteiger partial charge >= 0.3 is 0 Å². The molecule has 0 unspecified atom stereocenters. The van der Waals surface area contributed by atoms with Gasteiger partial charge in [-0.1, -0.05) is 51.2 Å². The lowest BCUT2D eigenvalue weighted by Crippen LogP contribution is -1.85. The molecule has 0 heteroatoms. The van der Waals surface area contributed by atoms with Gasteiger partial charge in [-0.15, -0.1) is 0 Å². The number of allylic oxidation sites excluding steroid dienone is 1. The Kier molecular flexibility index (Phi) is 5.19. The topological polar surface area (TPSA) is 0 Å². The maximum Gasteiger partial charge on any atom is -0.0205 e. The highest BCUT2D eigenvalue weighted by Gasteiger charge is 2.23. The van der Waals surface area contributed by atoms with Crippen LogP contribution in [0.15, 0.2) is 12.2 Å². The first kappa shape index (κ1) is 10.8. The number of hydrogen-bond donors (Lipinski definition) is 0. The molecule has 0 heterocycles. The summed E-state index contributed by atoms with van der Waals surface area (Å²) in [5.41, 5.74) is 1.54. The van der Waals surface area contributed by atoms with Gasteiger partial charge < -0.3 is 0 Å². The summed E-state index contributed by atoms with van der Waals surface area (Å²) in [7, 11) is 0. The molecule has 1 aliphatic rings. The Hall–Kier alpha value is -0.260. The Morgan fingerprint density at radius 3 is 2.31 bits per heavy atom. The third-order valence-corrected chi connectivity index (χ3v) is 3.01. The molecule has 1 aliphatic carbocycles. The minimum atomic E-state index is 0.927. The maximum atomic E-state index is 4.15. The van der Waals surface area contributed by atoms with Crippen LogP contribution in [-0.2, 0) is 0 Å². The van der Waals surface area contributed by atoms with E-state index in [2.05, 4.69) is 13.5 Å². The van der Waals surface area contributed by atoms with Gasteiger partial charge in [0.2, 0.25) is 0 Å². The van der Waals surface area contributed by atoms with Crippen LogP contribution in [0.4, 0.5) is 0 Å². The standard InChI is InChI=1S/C13H24/c1-3-4-5-6-7-8-9-12(2)13-10-11-13/h13H,2-11H2,1H3. The van der Waals surface area contributed by atoms with Crippen LogP contribution in [0.5, 0.6) is 0 Å². The van der Waals surface area contributed by atoms with Crippen LogP contribution < -0.4 is 0 Å². The van der Waals surface area contributed by atoms with Crippen molar-refractivity contribution in [1.82, 2.24) is 0 Å². The fraction of sp³-hybridized carbons (Fsp3) is 0.846. The first-order valence-corrected chi connectivity index (χ1v) is 6.02. The van der Waals surface area contributed by atoms with E-state index in [-0.39, 0.29) is 0 Å². The normalized spacial score (nSPS) is 16.1. The average molecular weight is 180 g/mol. The van der Waals surface area contributed by atoms with Gasteiger partial charge in [0.25, 0.3) is 0 Å².